The second kappa shape index (κ2) is 8.49. The molecule has 170 valence electrons. The highest BCUT2D eigenvalue weighted by Crippen LogP contribution is 2.30. The van der Waals surface area contributed by atoms with Gasteiger partial charge in [0.15, 0.2) is 9.84 Å². The van der Waals surface area contributed by atoms with E-state index in [0.717, 1.165) is 4.90 Å². The van der Waals surface area contributed by atoms with Crippen molar-refractivity contribution in [3.63, 3.8) is 0 Å². The van der Waals surface area contributed by atoms with Crippen LogP contribution >= 0.6 is 0 Å². The molecule has 2 saturated heterocycles. The molecule has 1 aromatic carbocycles. The molecule has 9 nitrogen and oxygen atoms in total. The van der Waals surface area contributed by atoms with E-state index >= 15 is 0 Å². The SMILES string of the molecule is CC[C@@H](C)N(C(=O)CN1C(=O)N[C@@](C)(c2ccc(OC)cc2)C1=O)[C@@H]1CCS(=O)(=O)C1. The smallest absolute Gasteiger partial charge is 0.325 e. The van der Waals surface area contributed by atoms with Crippen molar-refractivity contribution < 1.29 is 27.5 Å². The second-order valence-electron chi connectivity index (χ2n) is 8.29. The summed E-state index contributed by atoms with van der Waals surface area (Å²) in [5.74, 6) is -0.395. The number of hydrogen-bond acceptors (Lipinski definition) is 6. The number of sulfone groups is 1. The summed E-state index contributed by atoms with van der Waals surface area (Å²) in [4.78, 5) is 41.4. The number of urea groups is 1. The van der Waals surface area contributed by atoms with Crippen molar-refractivity contribution in [2.45, 2.75) is 51.2 Å². The first-order valence-corrected chi connectivity index (χ1v) is 12.1. The van der Waals surface area contributed by atoms with Gasteiger partial charge in [0.2, 0.25) is 5.91 Å². The van der Waals surface area contributed by atoms with Gasteiger partial charge in [0, 0.05) is 12.1 Å². The van der Waals surface area contributed by atoms with E-state index in [4.69, 9.17) is 4.74 Å². The minimum atomic E-state index is -3.19. The fraction of sp³-hybridized carbons (Fsp3) is 0.571. The average molecular weight is 452 g/mol. The summed E-state index contributed by atoms with van der Waals surface area (Å²) >= 11 is 0. The van der Waals surface area contributed by atoms with Gasteiger partial charge < -0.3 is 15.0 Å². The maximum absolute atomic E-state index is 13.2. The lowest BCUT2D eigenvalue weighted by Crippen LogP contribution is -2.51. The Balaban J connectivity index is 1.81. The molecule has 1 N–H and O–H groups in total. The van der Waals surface area contributed by atoms with Gasteiger partial charge in [-0.1, -0.05) is 19.1 Å². The lowest BCUT2D eigenvalue weighted by Gasteiger charge is -2.34. The molecule has 0 radical (unpaired) electrons. The van der Waals surface area contributed by atoms with Crippen molar-refractivity contribution in [1.82, 2.24) is 15.1 Å². The Bertz CT molecular complexity index is 977. The van der Waals surface area contributed by atoms with E-state index in [2.05, 4.69) is 5.32 Å². The summed E-state index contributed by atoms with van der Waals surface area (Å²) < 4.78 is 29.0. The molecule has 31 heavy (non-hydrogen) atoms. The monoisotopic (exact) mass is 451 g/mol. The molecule has 0 aromatic heterocycles. The van der Waals surface area contributed by atoms with Gasteiger partial charge in [0.25, 0.3) is 5.91 Å². The molecule has 2 aliphatic rings. The number of hydrogen-bond donors (Lipinski definition) is 1. The van der Waals surface area contributed by atoms with Gasteiger partial charge in [-0.05, 0) is 44.4 Å². The van der Waals surface area contributed by atoms with E-state index in [1.807, 2.05) is 13.8 Å². The zero-order valence-corrected chi connectivity index (χ0v) is 19.1. The van der Waals surface area contributed by atoms with E-state index in [9.17, 15) is 22.8 Å². The molecule has 2 heterocycles. The maximum Gasteiger partial charge on any atom is 0.325 e. The van der Waals surface area contributed by atoms with Crippen LogP contribution in [0.4, 0.5) is 4.79 Å². The van der Waals surface area contributed by atoms with Crippen LogP contribution in [-0.2, 0) is 25.0 Å². The third-order valence-electron chi connectivity index (χ3n) is 6.19. The average Bonchev–Trinajstić information content (AvgIpc) is 3.19. The number of ether oxygens (including phenoxy) is 1. The molecule has 0 saturated carbocycles. The number of rotatable bonds is 7. The molecular formula is C21H29N3O6S. The quantitative estimate of drug-likeness (QED) is 0.625. The largest absolute Gasteiger partial charge is 0.497 e. The van der Waals surface area contributed by atoms with Gasteiger partial charge in [-0.25, -0.2) is 13.2 Å². The maximum atomic E-state index is 13.2. The highest BCUT2D eigenvalue weighted by atomic mass is 32.2. The van der Waals surface area contributed by atoms with Gasteiger partial charge in [-0.15, -0.1) is 0 Å². The van der Waals surface area contributed by atoms with Crippen LogP contribution in [0.1, 0.15) is 39.2 Å². The van der Waals surface area contributed by atoms with E-state index < -0.39 is 45.8 Å². The lowest BCUT2D eigenvalue weighted by atomic mass is 9.92. The zero-order chi connectivity index (χ0) is 23.0. The van der Waals surface area contributed by atoms with Crippen LogP contribution in [0, 0.1) is 0 Å². The molecule has 0 aliphatic carbocycles. The van der Waals surface area contributed by atoms with Gasteiger partial charge >= 0.3 is 6.03 Å². The van der Waals surface area contributed by atoms with Crippen LogP contribution in [0.5, 0.6) is 5.75 Å². The van der Waals surface area contributed by atoms with Crippen molar-refractivity contribution in [2.75, 3.05) is 25.2 Å². The fourth-order valence-corrected chi connectivity index (χ4v) is 5.89. The molecule has 0 unspecified atom stereocenters. The molecule has 3 rings (SSSR count). The first-order chi connectivity index (χ1) is 14.5. The number of benzene rings is 1. The first-order valence-electron chi connectivity index (χ1n) is 10.3. The Morgan fingerprint density at radius 1 is 1.32 bits per heavy atom. The Morgan fingerprint density at radius 2 is 1.97 bits per heavy atom. The van der Waals surface area contributed by atoms with Crippen molar-refractivity contribution >= 4 is 27.7 Å². The molecule has 2 aliphatic heterocycles. The van der Waals surface area contributed by atoms with E-state index in [0.29, 0.717) is 24.2 Å². The van der Waals surface area contributed by atoms with Crippen molar-refractivity contribution in [2.24, 2.45) is 0 Å². The van der Waals surface area contributed by atoms with E-state index in [1.54, 1.807) is 31.2 Å². The summed E-state index contributed by atoms with van der Waals surface area (Å²) in [5, 5.41) is 2.68. The highest BCUT2D eigenvalue weighted by Gasteiger charge is 2.50. The predicted octanol–water partition coefficient (Wildman–Crippen LogP) is 1.28. The molecule has 0 spiro atoms. The number of carbonyl (C=O) groups is 3. The Labute approximate surface area is 182 Å². The predicted molar refractivity (Wildman–Crippen MR) is 114 cm³/mol. The summed E-state index contributed by atoms with van der Waals surface area (Å²) in [6.07, 6.45) is 0.994. The molecule has 0 bridgehead atoms. The summed E-state index contributed by atoms with van der Waals surface area (Å²) in [7, 11) is -1.66. The van der Waals surface area contributed by atoms with Crippen LogP contribution in [0.15, 0.2) is 24.3 Å². The van der Waals surface area contributed by atoms with E-state index in [1.165, 1.54) is 12.0 Å². The summed E-state index contributed by atoms with van der Waals surface area (Å²) in [6, 6.07) is 5.47. The van der Waals surface area contributed by atoms with Gasteiger partial charge in [0.05, 0.1) is 18.6 Å². The normalized spacial score (nSPS) is 25.9. The van der Waals surface area contributed by atoms with Crippen LogP contribution in [0.25, 0.3) is 0 Å². The fourth-order valence-electron chi connectivity index (χ4n) is 4.18. The zero-order valence-electron chi connectivity index (χ0n) is 18.3. The summed E-state index contributed by atoms with van der Waals surface area (Å²) in [5.41, 5.74) is -0.732. The van der Waals surface area contributed by atoms with Crippen LogP contribution in [-0.4, -0.2) is 73.3 Å². The highest BCUT2D eigenvalue weighted by molar-refractivity contribution is 7.91. The number of methoxy groups -OCH3 is 1. The number of imide groups is 1. The third-order valence-corrected chi connectivity index (χ3v) is 7.94. The number of nitrogens with one attached hydrogen (secondary N) is 1. The molecular weight excluding hydrogens is 422 g/mol. The molecule has 3 atom stereocenters. The van der Waals surface area contributed by atoms with Crippen molar-refractivity contribution in [3.05, 3.63) is 29.8 Å². The molecule has 1 aromatic rings. The first kappa shape index (κ1) is 23.1. The van der Waals surface area contributed by atoms with Crippen LogP contribution < -0.4 is 10.1 Å². The van der Waals surface area contributed by atoms with Gasteiger partial charge in [-0.3, -0.25) is 14.5 Å². The van der Waals surface area contributed by atoms with Gasteiger partial charge in [-0.2, -0.15) is 0 Å². The minimum Gasteiger partial charge on any atom is -0.497 e. The Kier molecular flexibility index (Phi) is 6.31. The Morgan fingerprint density at radius 3 is 2.48 bits per heavy atom. The number of nitrogens with zero attached hydrogens (tertiary/aromatic N) is 2. The topological polar surface area (TPSA) is 113 Å². The Hall–Kier alpha value is -2.62. The van der Waals surface area contributed by atoms with Crippen LogP contribution in [0.3, 0.4) is 0 Å². The standard InChI is InChI=1S/C21H29N3O6S/c1-5-14(2)24(16-10-11-31(28,29)13-16)18(25)12-23-19(26)21(3,22-20(23)27)15-6-8-17(30-4)9-7-15/h6-9,14,16H,5,10-13H2,1-4H3,(H,22,27)/t14-,16-,21+/m1/s1. The molecule has 4 amide bonds. The lowest BCUT2D eigenvalue weighted by molar-refractivity contribution is -0.141. The summed E-state index contributed by atoms with van der Waals surface area (Å²) in [6.45, 7) is 4.91. The van der Waals surface area contributed by atoms with Gasteiger partial charge in [0.1, 0.15) is 17.8 Å². The number of carbonyl (C=O) groups excluding carboxylic acids is 3. The van der Waals surface area contributed by atoms with Crippen molar-refractivity contribution in [1.29, 1.82) is 0 Å². The molecule has 10 heteroatoms. The minimum absolute atomic E-state index is 0.0382. The molecule has 2 fully saturated rings. The van der Waals surface area contributed by atoms with Crippen LogP contribution in [0.2, 0.25) is 0 Å². The van der Waals surface area contributed by atoms with E-state index in [-0.39, 0.29) is 17.5 Å². The second-order valence-corrected chi connectivity index (χ2v) is 10.5. The number of amides is 4. The third kappa shape index (κ3) is 4.39. The van der Waals surface area contributed by atoms with Crippen molar-refractivity contribution in [3.8, 4) is 5.75 Å².